The van der Waals surface area contributed by atoms with Gasteiger partial charge in [0.2, 0.25) is 11.8 Å². The SMILES string of the molecule is CC1CC1C(=O)NCCC(=O)N(CCO)C1CCCC1. The number of rotatable bonds is 7. The van der Waals surface area contributed by atoms with Crippen molar-refractivity contribution in [3.8, 4) is 0 Å². The van der Waals surface area contributed by atoms with Gasteiger partial charge in [-0.1, -0.05) is 19.8 Å². The normalized spacial score (nSPS) is 25.5. The summed E-state index contributed by atoms with van der Waals surface area (Å²) in [5, 5.41) is 12.0. The van der Waals surface area contributed by atoms with Crippen LogP contribution < -0.4 is 5.32 Å². The van der Waals surface area contributed by atoms with Gasteiger partial charge in [-0.2, -0.15) is 0 Å². The molecule has 0 heterocycles. The zero-order valence-corrected chi connectivity index (χ0v) is 12.3. The van der Waals surface area contributed by atoms with Crippen molar-refractivity contribution in [2.75, 3.05) is 19.7 Å². The lowest BCUT2D eigenvalue weighted by Crippen LogP contribution is -2.42. The van der Waals surface area contributed by atoms with E-state index in [1.807, 2.05) is 0 Å². The molecule has 5 heteroatoms. The van der Waals surface area contributed by atoms with Gasteiger partial charge in [-0.15, -0.1) is 0 Å². The predicted molar refractivity (Wildman–Crippen MR) is 76.0 cm³/mol. The predicted octanol–water partition coefficient (Wildman–Crippen LogP) is 0.912. The fourth-order valence-corrected chi connectivity index (χ4v) is 3.09. The fourth-order valence-electron chi connectivity index (χ4n) is 3.09. The molecule has 0 aromatic rings. The Morgan fingerprint density at radius 3 is 2.50 bits per heavy atom. The zero-order chi connectivity index (χ0) is 14.5. The van der Waals surface area contributed by atoms with Crippen LogP contribution in [0.5, 0.6) is 0 Å². The van der Waals surface area contributed by atoms with Crippen LogP contribution in [0.2, 0.25) is 0 Å². The van der Waals surface area contributed by atoms with Crippen LogP contribution in [0.15, 0.2) is 0 Å². The summed E-state index contributed by atoms with van der Waals surface area (Å²) < 4.78 is 0. The minimum Gasteiger partial charge on any atom is -0.395 e. The summed E-state index contributed by atoms with van der Waals surface area (Å²) in [6.45, 7) is 2.90. The maximum Gasteiger partial charge on any atom is 0.224 e. The average Bonchev–Trinajstić information content (AvgIpc) is 2.93. The van der Waals surface area contributed by atoms with Gasteiger partial charge in [-0.25, -0.2) is 0 Å². The van der Waals surface area contributed by atoms with Crippen molar-refractivity contribution in [2.24, 2.45) is 11.8 Å². The summed E-state index contributed by atoms with van der Waals surface area (Å²) >= 11 is 0. The van der Waals surface area contributed by atoms with Crippen LogP contribution in [0, 0.1) is 11.8 Å². The topological polar surface area (TPSA) is 69.6 Å². The van der Waals surface area contributed by atoms with Crippen molar-refractivity contribution in [1.29, 1.82) is 0 Å². The van der Waals surface area contributed by atoms with Crippen LogP contribution in [-0.2, 0) is 9.59 Å². The molecule has 0 aromatic heterocycles. The zero-order valence-electron chi connectivity index (χ0n) is 12.3. The molecule has 2 atom stereocenters. The molecule has 2 fully saturated rings. The molecule has 0 radical (unpaired) electrons. The Morgan fingerprint density at radius 1 is 1.30 bits per heavy atom. The molecule has 2 rings (SSSR count). The first-order valence-corrected chi connectivity index (χ1v) is 7.81. The summed E-state index contributed by atoms with van der Waals surface area (Å²) in [5.41, 5.74) is 0. The molecular formula is C15H26N2O3. The molecule has 5 nitrogen and oxygen atoms in total. The highest BCUT2D eigenvalue weighted by atomic mass is 16.3. The molecule has 2 aliphatic rings. The van der Waals surface area contributed by atoms with E-state index in [0.29, 0.717) is 25.4 Å². The molecule has 20 heavy (non-hydrogen) atoms. The Kier molecular flexibility index (Phi) is 5.40. The Balaban J connectivity index is 1.72. The van der Waals surface area contributed by atoms with Gasteiger partial charge in [0.25, 0.3) is 0 Å². The number of aliphatic hydroxyl groups excluding tert-OH is 1. The molecule has 0 spiro atoms. The summed E-state index contributed by atoms with van der Waals surface area (Å²) in [4.78, 5) is 25.7. The second-order valence-electron chi connectivity index (χ2n) is 6.11. The number of nitrogens with zero attached hydrogens (tertiary/aromatic N) is 1. The van der Waals surface area contributed by atoms with Crippen LogP contribution in [0.3, 0.4) is 0 Å². The molecular weight excluding hydrogens is 256 g/mol. The first kappa shape index (κ1) is 15.3. The van der Waals surface area contributed by atoms with Crippen LogP contribution in [-0.4, -0.2) is 47.6 Å². The lowest BCUT2D eigenvalue weighted by Gasteiger charge is -2.28. The van der Waals surface area contributed by atoms with Gasteiger partial charge in [0.15, 0.2) is 0 Å². The van der Waals surface area contributed by atoms with Crippen LogP contribution in [0.4, 0.5) is 0 Å². The van der Waals surface area contributed by atoms with Crippen molar-refractivity contribution < 1.29 is 14.7 Å². The summed E-state index contributed by atoms with van der Waals surface area (Å²) in [6, 6.07) is 0.286. The molecule has 2 N–H and O–H groups in total. The first-order chi connectivity index (χ1) is 9.63. The second kappa shape index (κ2) is 7.07. The summed E-state index contributed by atoms with van der Waals surface area (Å²) in [5.74, 6) is 0.790. The number of carbonyl (C=O) groups is 2. The quantitative estimate of drug-likeness (QED) is 0.729. The summed E-state index contributed by atoms with van der Waals surface area (Å²) in [7, 11) is 0. The minimum absolute atomic E-state index is 0.00812. The fraction of sp³-hybridized carbons (Fsp3) is 0.867. The summed E-state index contributed by atoms with van der Waals surface area (Å²) in [6.07, 6.45) is 5.71. The average molecular weight is 282 g/mol. The molecule has 0 saturated heterocycles. The third kappa shape index (κ3) is 3.95. The third-order valence-electron chi connectivity index (χ3n) is 4.51. The highest BCUT2D eigenvalue weighted by Gasteiger charge is 2.38. The minimum atomic E-state index is 0.00812. The molecule has 2 saturated carbocycles. The molecule has 114 valence electrons. The van der Waals surface area contributed by atoms with E-state index in [1.165, 1.54) is 0 Å². The maximum absolute atomic E-state index is 12.2. The van der Waals surface area contributed by atoms with Gasteiger partial charge >= 0.3 is 0 Å². The maximum atomic E-state index is 12.2. The molecule has 0 aliphatic heterocycles. The Hall–Kier alpha value is -1.10. The van der Waals surface area contributed by atoms with E-state index in [4.69, 9.17) is 5.11 Å². The van der Waals surface area contributed by atoms with Gasteiger partial charge in [0.1, 0.15) is 0 Å². The Bertz CT molecular complexity index is 353. The Labute approximate surface area is 120 Å². The van der Waals surface area contributed by atoms with Crippen molar-refractivity contribution in [3.05, 3.63) is 0 Å². The van der Waals surface area contributed by atoms with Gasteiger partial charge in [-0.3, -0.25) is 9.59 Å². The van der Waals surface area contributed by atoms with E-state index in [2.05, 4.69) is 12.2 Å². The van der Waals surface area contributed by atoms with Gasteiger partial charge in [0, 0.05) is 31.5 Å². The highest BCUT2D eigenvalue weighted by Crippen LogP contribution is 2.37. The van der Waals surface area contributed by atoms with Crippen molar-refractivity contribution >= 4 is 11.8 Å². The highest BCUT2D eigenvalue weighted by molar-refractivity contribution is 5.82. The molecule has 2 aliphatic carbocycles. The van der Waals surface area contributed by atoms with Gasteiger partial charge < -0.3 is 15.3 Å². The van der Waals surface area contributed by atoms with E-state index in [0.717, 1.165) is 32.1 Å². The van der Waals surface area contributed by atoms with Crippen LogP contribution >= 0.6 is 0 Å². The number of nitrogens with one attached hydrogen (secondary N) is 1. The van der Waals surface area contributed by atoms with E-state index in [9.17, 15) is 9.59 Å². The lowest BCUT2D eigenvalue weighted by atomic mass is 10.2. The van der Waals surface area contributed by atoms with E-state index < -0.39 is 0 Å². The molecule has 0 aromatic carbocycles. The van der Waals surface area contributed by atoms with Gasteiger partial charge in [-0.05, 0) is 25.2 Å². The Morgan fingerprint density at radius 2 is 1.95 bits per heavy atom. The lowest BCUT2D eigenvalue weighted by molar-refractivity contribution is -0.134. The van der Waals surface area contributed by atoms with Crippen molar-refractivity contribution in [2.45, 2.75) is 51.5 Å². The largest absolute Gasteiger partial charge is 0.395 e. The smallest absolute Gasteiger partial charge is 0.224 e. The number of amides is 2. The monoisotopic (exact) mass is 282 g/mol. The number of carbonyl (C=O) groups excluding carboxylic acids is 2. The first-order valence-electron chi connectivity index (χ1n) is 7.81. The second-order valence-corrected chi connectivity index (χ2v) is 6.11. The number of hydrogen-bond donors (Lipinski definition) is 2. The van der Waals surface area contributed by atoms with Crippen molar-refractivity contribution in [3.63, 3.8) is 0 Å². The number of hydrogen-bond acceptors (Lipinski definition) is 3. The molecule has 2 amide bonds. The standard InChI is InChI=1S/C15H26N2O3/c1-11-10-13(11)15(20)16-7-6-14(19)17(8-9-18)12-4-2-3-5-12/h11-13,18H,2-10H2,1H3,(H,16,20). The van der Waals surface area contributed by atoms with E-state index in [1.54, 1.807) is 4.90 Å². The van der Waals surface area contributed by atoms with Crippen molar-refractivity contribution in [1.82, 2.24) is 10.2 Å². The number of aliphatic hydroxyl groups is 1. The van der Waals surface area contributed by atoms with Crippen LogP contribution in [0.1, 0.15) is 45.4 Å². The molecule has 0 bridgehead atoms. The third-order valence-corrected chi connectivity index (χ3v) is 4.51. The van der Waals surface area contributed by atoms with E-state index in [-0.39, 0.29) is 30.4 Å². The van der Waals surface area contributed by atoms with Crippen LogP contribution in [0.25, 0.3) is 0 Å². The van der Waals surface area contributed by atoms with E-state index >= 15 is 0 Å². The molecule has 2 unspecified atom stereocenters. The van der Waals surface area contributed by atoms with Gasteiger partial charge in [0.05, 0.1) is 6.61 Å².